The summed E-state index contributed by atoms with van der Waals surface area (Å²) in [6, 6.07) is 3.75. The first-order chi connectivity index (χ1) is 7.72. The molecule has 16 heavy (non-hydrogen) atoms. The van der Waals surface area contributed by atoms with Gasteiger partial charge in [0.05, 0.1) is 13.2 Å². The number of hydrogen-bond donors (Lipinski definition) is 0. The monoisotopic (exact) mass is 333 g/mol. The Morgan fingerprint density at radius 3 is 3.12 bits per heavy atom. The molecule has 0 aromatic carbocycles. The van der Waals surface area contributed by atoms with Crippen LogP contribution in [-0.2, 0) is 11.3 Å². The van der Waals surface area contributed by atoms with Crippen molar-refractivity contribution >= 4 is 28.2 Å². The minimum atomic E-state index is -0.119. The Kier molecular flexibility index (Phi) is 3.59. The lowest BCUT2D eigenvalue weighted by Gasteiger charge is -1.98. The van der Waals surface area contributed by atoms with Crippen LogP contribution >= 0.6 is 22.6 Å². The van der Waals surface area contributed by atoms with E-state index in [1.54, 1.807) is 6.20 Å². The molecule has 86 valence electrons. The number of halogens is 1. The Morgan fingerprint density at radius 2 is 2.38 bits per heavy atom. The summed E-state index contributed by atoms with van der Waals surface area (Å²) in [5.41, 5.74) is 0.555. The Bertz CT molecular complexity index is 546. The van der Waals surface area contributed by atoms with E-state index in [0.717, 1.165) is 3.57 Å². The van der Waals surface area contributed by atoms with Gasteiger partial charge in [0, 0.05) is 16.4 Å². The number of hydrogen-bond acceptors (Lipinski definition) is 3. The number of ether oxygens (including phenoxy) is 1. The van der Waals surface area contributed by atoms with E-state index in [1.165, 1.54) is 9.08 Å². The fourth-order valence-corrected chi connectivity index (χ4v) is 1.87. The summed E-state index contributed by atoms with van der Waals surface area (Å²) in [5, 5.41) is 4.23. The second-order valence-electron chi connectivity index (χ2n) is 3.28. The van der Waals surface area contributed by atoms with E-state index in [9.17, 15) is 4.79 Å². The highest BCUT2D eigenvalue weighted by atomic mass is 127. The van der Waals surface area contributed by atoms with E-state index in [1.807, 2.05) is 19.1 Å². The van der Waals surface area contributed by atoms with Crippen molar-refractivity contribution in [2.45, 2.75) is 13.5 Å². The molecular weight excluding hydrogens is 321 g/mol. The lowest BCUT2D eigenvalue weighted by molar-refractivity contribution is 0.135. The van der Waals surface area contributed by atoms with Crippen LogP contribution in [0, 0.1) is 3.57 Å². The number of pyridine rings is 1. The molecule has 0 aliphatic carbocycles. The first-order valence-corrected chi connectivity index (χ1v) is 6.12. The predicted molar refractivity (Wildman–Crippen MR) is 68.7 cm³/mol. The minimum absolute atomic E-state index is 0.119. The first kappa shape index (κ1) is 11.6. The third kappa shape index (κ3) is 2.27. The lowest BCUT2D eigenvalue weighted by atomic mass is 10.5. The van der Waals surface area contributed by atoms with Crippen molar-refractivity contribution in [3.05, 3.63) is 32.4 Å². The summed E-state index contributed by atoms with van der Waals surface area (Å²) >= 11 is 2.19. The van der Waals surface area contributed by atoms with E-state index < -0.39 is 0 Å². The molecule has 0 saturated carbocycles. The zero-order valence-electron chi connectivity index (χ0n) is 8.89. The quantitative estimate of drug-likeness (QED) is 0.623. The van der Waals surface area contributed by atoms with Gasteiger partial charge in [-0.15, -0.1) is 5.10 Å². The van der Waals surface area contributed by atoms with Gasteiger partial charge in [0.1, 0.15) is 0 Å². The van der Waals surface area contributed by atoms with Gasteiger partial charge >= 0.3 is 5.69 Å². The predicted octanol–water partition coefficient (Wildman–Crippen LogP) is 1.14. The smallest absolute Gasteiger partial charge is 0.350 e. The Labute approximate surface area is 106 Å². The van der Waals surface area contributed by atoms with Crippen molar-refractivity contribution in [3.8, 4) is 0 Å². The Morgan fingerprint density at radius 1 is 1.56 bits per heavy atom. The van der Waals surface area contributed by atoms with Crippen molar-refractivity contribution in [3.63, 3.8) is 0 Å². The van der Waals surface area contributed by atoms with E-state index >= 15 is 0 Å². The highest BCUT2D eigenvalue weighted by Gasteiger charge is 2.06. The molecule has 0 aliphatic heterocycles. The molecule has 0 amide bonds. The van der Waals surface area contributed by atoms with E-state index in [4.69, 9.17) is 4.74 Å². The fraction of sp³-hybridized carbons (Fsp3) is 0.400. The largest absolute Gasteiger partial charge is 0.380 e. The SMILES string of the molecule is CCOCCn1nc2cc(I)ccn2c1=O. The summed E-state index contributed by atoms with van der Waals surface area (Å²) in [6.07, 6.45) is 1.74. The van der Waals surface area contributed by atoms with E-state index in [-0.39, 0.29) is 5.69 Å². The summed E-state index contributed by atoms with van der Waals surface area (Å²) in [5.74, 6) is 0. The standard InChI is InChI=1S/C10H12IN3O2/c1-2-16-6-5-14-10(15)13-4-3-8(11)7-9(13)12-14/h3-4,7H,2,5-6H2,1H3. The Hall–Kier alpha value is -0.890. The van der Waals surface area contributed by atoms with E-state index in [0.29, 0.717) is 25.4 Å². The molecule has 0 saturated heterocycles. The molecule has 2 aromatic heterocycles. The fourth-order valence-electron chi connectivity index (χ4n) is 1.43. The van der Waals surface area contributed by atoms with Crippen LogP contribution in [0.5, 0.6) is 0 Å². The highest BCUT2D eigenvalue weighted by Crippen LogP contribution is 2.05. The normalized spacial score (nSPS) is 11.1. The molecule has 0 unspecified atom stereocenters. The van der Waals surface area contributed by atoms with Crippen LogP contribution in [0.25, 0.3) is 5.65 Å². The zero-order valence-corrected chi connectivity index (χ0v) is 11.0. The number of rotatable bonds is 4. The topological polar surface area (TPSA) is 48.5 Å². The molecule has 0 fully saturated rings. The van der Waals surface area contributed by atoms with Gasteiger partial charge in [0.15, 0.2) is 5.65 Å². The third-order valence-corrected chi connectivity index (χ3v) is 2.87. The molecule has 0 aliphatic rings. The maximum Gasteiger partial charge on any atom is 0.350 e. The van der Waals surface area contributed by atoms with Gasteiger partial charge in [0.25, 0.3) is 0 Å². The van der Waals surface area contributed by atoms with Crippen molar-refractivity contribution < 1.29 is 4.74 Å². The molecule has 5 nitrogen and oxygen atoms in total. The molecule has 0 spiro atoms. The van der Waals surface area contributed by atoms with Gasteiger partial charge in [-0.05, 0) is 41.6 Å². The molecule has 2 aromatic rings. The molecular formula is C10H12IN3O2. The molecule has 6 heteroatoms. The maximum atomic E-state index is 11.8. The minimum Gasteiger partial charge on any atom is -0.380 e. The van der Waals surface area contributed by atoms with Crippen LogP contribution in [-0.4, -0.2) is 27.4 Å². The second kappa shape index (κ2) is 4.96. The van der Waals surface area contributed by atoms with Crippen LogP contribution in [0.3, 0.4) is 0 Å². The highest BCUT2D eigenvalue weighted by molar-refractivity contribution is 14.1. The molecule has 0 radical (unpaired) electrons. The number of nitrogens with zero attached hydrogens (tertiary/aromatic N) is 3. The molecule has 2 rings (SSSR count). The maximum absolute atomic E-state index is 11.8. The van der Waals surface area contributed by atoms with Crippen LogP contribution in [0.15, 0.2) is 23.1 Å². The average molecular weight is 333 g/mol. The van der Waals surface area contributed by atoms with Crippen molar-refractivity contribution in [2.75, 3.05) is 13.2 Å². The van der Waals surface area contributed by atoms with Crippen molar-refractivity contribution in [1.29, 1.82) is 0 Å². The number of aromatic nitrogens is 3. The van der Waals surface area contributed by atoms with Crippen LogP contribution in [0.1, 0.15) is 6.92 Å². The van der Waals surface area contributed by atoms with Gasteiger partial charge < -0.3 is 4.74 Å². The summed E-state index contributed by atoms with van der Waals surface area (Å²) in [4.78, 5) is 11.8. The first-order valence-electron chi connectivity index (χ1n) is 5.05. The average Bonchev–Trinajstić information content (AvgIpc) is 2.56. The third-order valence-electron chi connectivity index (χ3n) is 2.20. The summed E-state index contributed by atoms with van der Waals surface area (Å²) < 4.78 is 9.23. The van der Waals surface area contributed by atoms with Gasteiger partial charge in [-0.3, -0.25) is 4.40 Å². The van der Waals surface area contributed by atoms with Crippen LogP contribution in [0.2, 0.25) is 0 Å². The van der Waals surface area contributed by atoms with Crippen LogP contribution < -0.4 is 5.69 Å². The molecule has 0 atom stereocenters. The lowest BCUT2D eigenvalue weighted by Crippen LogP contribution is -2.23. The van der Waals surface area contributed by atoms with Gasteiger partial charge in [-0.1, -0.05) is 0 Å². The van der Waals surface area contributed by atoms with Crippen molar-refractivity contribution in [2.24, 2.45) is 0 Å². The summed E-state index contributed by atoms with van der Waals surface area (Å²) in [7, 11) is 0. The number of fused-ring (bicyclic) bond motifs is 1. The summed E-state index contributed by atoms with van der Waals surface area (Å²) in [6.45, 7) is 3.58. The zero-order chi connectivity index (χ0) is 11.5. The molecule has 2 heterocycles. The van der Waals surface area contributed by atoms with Gasteiger partial charge in [-0.2, -0.15) is 0 Å². The second-order valence-corrected chi connectivity index (χ2v) is 4.52. The molecule has 0 N–H and O–H groups in total. The van der Waals surface area contributed by atoms with Gasteiger partial charge in [0.2, 0.25) is 0 Å². The van der Waals surface area contributed by atoms with Crippen LogP contribution in [0.4, 0.5) is 0 Å². The van der Waals surface area contributed by atoms with Crippen molar-refractivity contribution in [1.82, 2.24) is 14.2 Å². The van der Waals surface area contributed by atoms with E-state index in [2.05, 4.69) is 27.7 Å². The molecule has 0 bridgehead atoms. The van der Waals surface area contributed by atoms with Gasteiger partial charge in [-0.25, -0.2) is 9.48 Å². The Balaban J connectivity index is 2.33.